The van der Waals surface area contributed by atoms with Gasteiger partial charge in [-0.15, -0.1) is 0 Å². The zero-order chi connectivity index (χ0) is 17.4. The molecule has 3 rings (SSSR count). The van der Waals surface area contributed by atoms with Crippen molar-refractivity contribution in [1.82, 2.24) is 4.90 Å². The fraction of sp³-hybridized carbons (Fsp3) is 0.333. The number of nitrogens with two attached hydrogens (primary N) is 1. The Labute approximate surface area is 140 Å². The molecule has 1 aromatic rings. The molecule has 0 fully saturated rings. The summed E-state index contributed by atoms with van der Waals surface area (Å²) < 4.78 is 5.60. The number of fused-ring (bicyclic) bond motifs is 2. The zero-order valence-electron chi connectivity index (χ0n) is 13.7. The fourth-order valence-electron chi connectivity index (χ4n) is 3.36. The predicted molar refractivity (Wildman–Crippen MR) is 88.3 cm³/mol. The average Bonchev–Trinajstić information content (AvgIpc) is 2.93. The molecule has 0 unspecified atom stereocenters. The number of ether oxygens (including phenoxy) is 1. The summed E-state index contributed by atoms with van der Waals surface area (Å²) >= 11 is 0. The van der Waals surface area contributed by atoms with Gasteiger partial charge in [-0.1, -0.05) is 12.1 Å². The first-order valence-corrected chi connectivity index (χ1v) is 7.77. The second-order valence-corrected chi connectivity index (χ2v) is 6.16. The summed E-state index contributed by atoms with van der Waals surface area (Å²) in [6, 6.07) is 3.30. The minimum absolute atomic E-state index is 0.155. The number of rotatable bonds is 3. The standard InChI is InChI=1S/C18H20N2O4/c1-10-3-5-12-13(17(10)22)8-15(24-2)14-7-11(4-6-16(19)21)9-20(14)18(12)23/h3-6,9,14-15,22H,7-8H2,1-2H3,(H2,19,21)/b6-4+/t14-,15-/m0/s1. The lowest BCUT2D eigenvalue weighted by Gasteiger charge is -2.27. The Morgan fingerprint density at radius 3 is 2.83 bits per heavy atom. The van der Waals surface area contributed by atoms with Crippen LogP contribution in [0.15, 0.2) is 36.1 Å². The van der Waals surface area contributed by atoms with Crippen LogP contribution >= 0.6 is 0 Å². The summed E-state index contributed by atoms with van der Waals surface area (Å²) in [5.74, 6) is -0.549. The van der Waals surface area contributed by atoms with Crippen molar-refractivity contribution in [2.45, 2.75) is 31.9 Å². The number of phenols is 1. The molecule has 2 aliphatic rings. The number of carbonyl (C=O) groups is 2. The monoisotopic (exact) mass is 328 g/mol. The Morgan fingerprint density at radius 1 is 1.42 bits per heavy atom. The van der Waals surface area contributed by atoms with E-state index in [9.17, 15) is 14.7 Å². The molecule has 2 amide bonds. The lowest BCUT2D eigenvalue weighted by Crippen LogP contribution is -2.40. The van der Waals surface area contributed by atoms with Crippen molar-refractivity contribution in [1.29, 1.82) is 0 Å². The maximum atomic E-state index is 12.9. The SMILES string of the molecule is CO[C@H]1Cc2c(ccc(C)c2O)C(=O)N2C=C(/C=C/C(N)=O)C[C@@H]12. The highest BCUT2D eigenvalue weighted by Gasteiger charge is 2.40. The molecule has 2 aliphatic heterocycles. The maximum Gasteiger partial charge on any atom is 0.258 e. The van der Waals surface area contributed by atoms with E-state index in [4.69, 9.17) is 10.5 Å². The molecule has 2 atom stereocenters. The lowest BCUT2D eigenvalue weighted by atomic mass is 9.95. The number of primary amides is 1. The van der Waals surface area contributed by atoms with Crippen molar-refractivity contribution in [2.24, 2.45) is 5.73 Å². The van der Waals surface area contributed by atoms with Crippen molar-refractivity contribution in [3.05, 3.63) is 52.7 Å². The number of hydrogen-bond acceptors (Lipinski definition) is 4. The molecule has 0 saturated carbocycles. The van der Waals surface area contributed by atoms with Crippen molar-refractivity contribution >= 4 is 11.8 Å². The molecule has 2 heterocycles. The van der Waals surface area contributed by atoms with Crippen molar-refractivity contribution in [3.8, 4) is 5.75 Å². The van der Waals surface area contributed by atoms with E-state index >= 15 is 0 Å². The molecule has 6 heteroatoms. The Morgan fingerprint density at radius 2 is 2.17 bits per heavy atom. The van der Waals surface area contributed by atoms with Crippen LogP contribution in [0.3, 0.4) is 0 Å². The van der Waals surface area contributed by atoms with Crippen LogP contribution in [0, 0.1) is 6.92 Å². The smallest absolute Gasteiger partial charge is 0.258 e. The average molecular weight is 328 g/mol. The molecule has 0 aromatic heterocycles. The third kappa shape index (κ3) is 2.69. The van der Waals surface area contributed by atoms with Crippen molar-refractivity contribution in [2.75, 3.05) is 7.11 Å². The number of aryl methyl sites for hydroxylation is 1. The first-order chi connectivity index (χ1) is 11.4. The summed E-state index contributed by atoms with van der Waals surface area (Å²) in [5.41, 5.74) is 7.82. The summed E-state index contributed by atoms with van der Waals surface area (Å²) in [6.45, 7) is 1.81. The summed E-state index contributed by atoms with van der Waals surface area (Å²) in [7, 11) is 1.60. The van der Waals surface area contributed by atoms with Crippen molar-refractivity contribution in [3.63, 3.8) is 0 Å². The molecule has 126 valence electrons. The van der Waals surface area contributed by atoms with E-state index in [-0.39, 0.29) is 23.8 Å². The van der Waals surface area contributed by atoms with Gasteiger partial charge in [0.1, 0.15) is 5.75 Å². The molecule has 0 bridgehead atoms. The molecule has 0 aliphatic carbocycles. The zero-order valence-corrected chi connectivity index (χ0v) is 13.7. The van der Waals surface area contributed by atoms with Crippen LogP contribution in [0.4, 0.5) is 0 Å². The van der Waals surface area contributed by atoms with E-state index in [1.807, 2.05) is 0 Å². The van der Waals surface area contributed by atoms with E-state index in [0.717, 1.165) is 11.1 Å². The number of methoxy groups -OCH3 is 1. The van der Waals surface area contributed by atoms with Crippen LogP contribution in [0.5, 0.6) is 5.75 Å². The number of amides is 2. The molecule has 6 nitrogen and oxygen atoms in total. The van der Waals surface area contributed by atoms with E-state index in [2.05, 4.69) is 0 Å². The molecule has 0 radical (unpaired) electrons. The number of carbonyl (C=O) groups excluding carboxylic acids is 2. The molecular formula is C18H20N2O4. The van der Waals surface area contributed by atoms with E-state index in [1.165, 1.54) is 6.08 Å². The maximum absolute atomic E-state index is 12.9. The van der Waals surface area contributed by atoms with Gasteiger partial charge in [-0.25, -0.2) is 0 Å². The van der Waals surface area contributed by atoms with Crippen LogP contribution < -0.4 is 5.73 Å². The van der Waals surface area contributed by atoms with Crippen LogP contribution in [0.2, 0.25) is 0 Å². The van der Waals surface area contributed by atoms with Crippen LogP contribution in [0.25, 0.3) is 0 Å². The highest BCUT2D eigenvalue weighted by atomic mass is 16.5. The molecule has 0 saturated heterocycles. The Kier molecular flexibility index (Phi) is 4.15. The van der Waals surface area contributed by atoms with Gasteiger partial charge in [0.15, 0.2) is 0 Å². The van der Waals surface area contributed by atoms with Gasteiger partial charge in [-0.3, -0.25) is 9.59 Å². The highest BCUT2D eigenvalue weighted by Crippen LogP contribution is 2.37. The summed E-state index contributed by atoms with van der Waals surface area (Å²) in [4.78, 5) is 25.5. The van der Waals surface area contributed by atoms with Gasteiger partial charge in [0, 0.05) is 36.9 Å². The lowest BCUT2D eigenvalue weighted by molar-refractivity contribution is -0.113. The number of phenolic OH excluding ortho intramolecular Hbond substituents is 1. The van der Waals surface area contributed by atoms with E-state index in [0.29, 0.717) is 24.0 Å². The second kappa shape index (κ2) is 6.13. The molecular weight excluding hydrogens is 308 g/mol. The third-order valence-electron chi connectivity index (χ3n) is 4.66. The number of benzene rings is 1. The minimum atomic E-state index is -0.529. The van der Waals surface area contributed by atoms with Crippen LogP contribution in [0.1, 0.15) is 27.9 Å². The topological polar surface area (TPSA) is 92.9 Å². The fourth-order valence-corrected chi connectivity index (χ4v) is 3.36. The minimum Gasteiger partial charge on any atom is -0.507 e. The van der Waals surface area contributed by atoms with Gasteiger partial charge in [-0.2, -0.15) is 0 Å². The van der Waals surface area contributed by atoms with Gasteiger partial charge >= 0.3 is 0 Å². The van der Waals surface area contributed by atoms with E-state index in [1.54, 1.807) is 43.3 Å². The van der Waals surface area contributed by atoms with E-state index < -0.39 is 5.91 Å². The summed E-state index contributed by atoms with van der Waals surface area (Å²) in [6.07, 6.45) is 5.41. The van der Waals surface area contributed by atoms with Crippen LogP contribution in [-0.4, -0.2) is 41.1 Å². The Hall–Kier alpha value is -2.60. The molecule has 24 heavy (non-hydrogen) atoms. The molecule has 1 aromatic carbocycles. The summed E-state index contributed by atoms with van der Waals surface area (Å²) in [5, 5.41) is 10.4. The third-order valence-corrected chi connectivity index (χ3v) is 4.66. The van der Waals surface area contributed by atoms with Gasteiger partial charge in [-0.05, 0) is 30.5 Å². The largest absolute Gasteiger partial charge is 0.507 e. The Bertz CT molecular complexity index is 767. The number of allylic oxidation sites excluding steroid dienone is 1. The second-order valence-electron chi connectivity index (χ2n) is 6.16. The van der Waals surface area contributed by atoms with Gasteiger partial charge in [0.25, 0.3) is 5.91 Å². The number of aromatic hydroxyl groups is 1. The molecule has 0 spiro atoms. The Balaban J connectivity index is 2.04. The number of nitrogens with zero attached hydrogens (tertiary/aromatic N) is 1. The van der Waals surface area contributed by atoms with Gasteiger partial charge in [0.2, 0.25) is 5.91 Å². The normalized spacial score (nSPS) is 23.0. The predicted octanol–water partition coefficient (Wildman–Crippen LogP) is 1.41. The van der Waals surface area contributed by atoms with Gasteiger partial charge < -0.3 is 20.5 Å². The quantitative estimate of drug-likeness (QED) is 0.821. The first-order valence-electron chi connectivity index (χ1n) is 7.77. The first kappa shape index (κ1) is 16.3. The number of hydrogen-bond donors (Lipinski definition) is 2. The highest BCUT2D eigenvalue weighted by molar-refractivity contribution is 5.98. The van der Waals surface area contributed by atoms with Gasteiger partial charge in [0.05, 0.1) is 12.1 Å². The van der Waals surface area contributed by atoms with Crippen LogP contribution in [-0.2, 0) is 16.0 Å². The molecule has 3 N–H and O–H groups in total. The van der Waals surface area contributed by atoms with Crippen molar-refractivity contribution < 1.29 is 19.4 Å².